The summed E-state index contributed by atoms with van der Waals surface area (Å²) in [6.45, 7) is -2.94. The largest absolute Gasteiger partial charge is 0.435 e. The molecular weight excluding hydrogens is 336 g/mol. The van der Waals surface area contributed by atoms with Gasteiger partial charge in [-0.1, -0.05) is 66.7 Å². The van der Waals surface area contributed by atoms with Gasteiger partial charge in [-0.15, -0.1) is 0 Å². The number of amides is 1. The molecule has 0 aliphatic heterocycles. The Kier molecular flexibility index (Phi) is 5.59. The molecule has 5 heteroatoms. The fourth-order valence-corrected chi connectivity index (χ4v) is 2.68. The number of carbonyl (C=O) groups is 1. The van der Waals surface area contributed by atoms with Crippen molar-refractivity contribution in [1.29, 1.82) is 0 Å². The maximum atomic E-state index is 12.7. The van der Waals surface area contributed by atoms with Crippen molar-refractivity contribution in [3.63, 3.8) is 0 Å². The van der Waals surface area contributed by atoms with Gasteiger partial charge in [0.1, 0.15) is 5.75 Å². The van der Waals surface area contributed by atoms with E-state index in [0.717, 1.165) is 11.1 Å². The first kappa shape index (κ1) is 17.6. The maximum absolute atomic E-state index is 12.7. The normalized spacial score (nSPS) is 10.8. The van der Waals surface area contributed by atoms with Crippen LogP contribution in [0.4, 0.5) is 8.78 Å². The standard InChI is InChI=1S/C21H17F2NO2/c22-21(23)26-18-13-7-12-17(14-18)20(25)24-19(15-8-3-1-4-9-15)16-10-5-2-6-11-16/h1-14,19,21H,(H,24,25). The van der Waals surface area contributed by atoms with Gasteiger partial charge < -0.3 is 10.1 Å². The first-order valence-electron chi connectivity index (χ1n) is 8.09. The van der Waals surface area contributed by atoms with Gasteiger partial charge in [0.15, 0.2) is 0 Å². The molecule has 3 nitrogen and oxygen atoms in total. The van der Waals surface area contributed by atoms with E-state index >= 15 is 0 Å². The lowest BCUT2D eigenvalue weighted by Gasteiger charge is -2.20. The summed E-state index contributed by atoms with van der Waals surface area (Å²) in [5, 5.41) is 2.96. The van der Waals surface area contributed by atoms with Gasteiger partial charge in [0.25, 0.3) is 5.91 Å². The van der Waals surface area contributed by atoms with Crippen LogP contribution in [0.2, 0.25) is 0 Å². The third-order valence-corrected chi connectivity index (χ3v) is 3.86. The highest BCUT2D eigenvalue weighted by Gasteiger charge is 2.18. The summed E-state index contributed by atoms with van der Waals surface area (Å²) in [5.41, 5.74) is 2.10. The SMILES string of the molecule is O=C(NC(c1ccccc1)c1ccccc1)c1cccc(OC(F)F)c1. The van der Waals surface area contributed by atoms with Crippen molar-refractivity contribution < 1.29 is 18.3 Å². The molecule has 26 heavy (non-hydrogen) atoms. The van der Waals surface area contributed by atoms with Crippen molar-refractivity contribution in [2.24, 2.45) is 0 Å². The van der Waals surface area contributed by atoms with Crippen LogP contribution in [0.5, 0.6) is 5.75 Å². The quantitative estimate of drug-likeness (QED) is 0.691. The first-order valence-corrected chi connectivity index (χ1v) is 8.09. The van der Waals surface area contributed by atoms with Crippen molar-refractivity contribution in [2.75, 3.05) is 0 Å². The molecular formula is C21H17F2NO2. The summed E-state index contributed by atoms with van der Waals surface area (Å²) in [4.78, 5) is 12.7. The van der Waals surface area contributed by atoms with Gasteiger partial charge in [0, 0.05) is 5.56 Å². The number of alkyl halides is 2. The van der Waals surface area contributed by atoms with E-state index in [0.29, 0.717) is 0 Å². The van der Waals surface area contributed by atoms with E-state index in [4.69, 9.17) is 0 Å². The Morgan fingerprint density at radius 1 is 0.808 bits per heavy atom. The van der Waals surface area contributed by atoms with Crippen LogP contribution in [-0.4, -0.2) is 12.5 Å². The molecule has 1 N–H and O–H groups in total. The van der Waals surface area contributed by atoms with E-state index in [-0.39, 0.29) is 23.3 Å². The Labute approximate surface area is 150 Å². The third kappa shape index (κ3) is 4.45. The van der Waals surface area contributed by atoms with E-state index < -0.39 is 6.61 Å². The highest BCUT2D eigenvalue weighted by atomic mass is 19.3. The molecule has 0 saturated heterocycles. The number of rotatable bonds is 6. The average molecular weight is 353 g/mol. The molecule has 3 rings (SSSR count). The minimum Gasteiger partial charge on any atom is -0.435 e. The Morgan fingerprint density at radius 2 is 1.38 bits per heavy atom. The van der Waals surface area contributed by atoms with Crippen LogP contribution in [-0.2, 0) is 0 Å². The van der Waals surface area contributed by atoms with E-state index in [1.165, 1.54) is 18.2 Å². The first-order chi connectivity index (χ1) is 12.6. The van der Waals surface area contributed by atoms with Crippen molar-refractivity contribution in [3.05, 3.63) is 102 Å². The van der Waals surface area contributed by atoms with Crippen LogP contribution in [0.1, 0.15) is 27.5 Å². The number of ether oxygens (including phenoxy) is 1. The molecule has 0 aliphatic carbocycles. The van der Waals surface area contributed by atoms with Gasteiger partial charge >= 0.3 is 6.61 Å². The maximum Gasteiger partial charge on any atom is 0.387 e. The van der Waals surface area contributed by atoms with E-state index in [9.17, 15) is 13.6 Å². The molecule has 132 valence electrons. The zero-order valence-electron chi connectivity index (χ0n) is 13.8. The fraction of sp³-hybridized carbons (Fsp3) is 0.0952. The molecule has 0 unspecified atom stereocenters. The second-order valence-electron chi connectivity index (χ2n) is 5.63. The lowest BCUT2D eigenvalue weighted by atomic mass is 9.98. The Bertz CT molecular complexity index is 815. The zero-order chi connectivity index (χ0) is 18.4. The van der Waals surface area contributed by atoms with Gasteiger partial charge in [0.05, 0.1) is 6.04 Å². The lowest BCUT2D eigenvalue weighted by molar-refractivity contribution is -0.0498. The van der Waals surface area contributed by atoms with Gasteiger partial charge in [-0.3, -0.25) is 4.79 Å². The van der Waals surface area contributed by atoms with Gasteiger partial charge in [-0.2, -0.15) is 8.78 Å². The molecule has 0 atom stereocenters. The molecule has 1 amide bonds. The third-order valence-electron chi connectivity index (χ3n) is 3.86. The van der Waals surface area contributed by atoms with Crippen molar-refractivity contribution in [2.45, 2.75) is 12.7 Å². The topological polar surface area (TPSA) is 38.3 Å². The van der Waals surface area contributed by atoms with Crippen molar-refractivity contribution in [1.82, 2.24) is 5.32 Å². The van der Waals surface area contributed by atoms with Crippen LogP contribution in [0, 0.1) is 0 Å². The molecule has 0 aromatic heterocycles. The minimum atomic E-state index is -2.94. The summed E-state index contributed by atoms with van der Waals surface area (Å²) >= 11 is 0. The predicted molar refractivity (Wildman–Crippen MR) is 95.3 cm³/mol. The molecule has 0 bridgehead atoms. The number of hydrogen-bond donors (Lipinski definition) is 1. The number of halogens is 2. The second kappa shape index (κ2) is 8.25. The van der Waals surface area contributed by atoms with Crippen LogP contribution < -0.4 is 10.1 Å². The Hall–Kier alpha value is -3.21. The summed E-state index contributed by atoms with van der Waals surface area (Å²) in [5.74, 6) is -0.425. The molecule has 0 fully saturated rings. The lowest BCUT2D eigenvalue weighted by Crippen LogP contribution is -2.29. The molecule has 0 radical (unpaired) electrons. The monoisotopic (exact) mass is 353 g/mol. The van der Waals surface area contributed by atoms with Crippen LogP contribution >= 0.6 is 0 Å². The molecule has 0 saturated carbocycles. The number of nitrogens with one attached hydrogen (secondary N) is 1. The zero-order valence-corrected chi connectivity index (χ0v) is 13.8. The van der Waals surface area contributed by atoms with E-state index in [2.05, 4.69) is 10.1 Å². The second-order valence-corrected chi connectivity index (χ2v) is 5.63. The molecule has 3 aromatic rings. The van der Waals surface area contributed by atoms with Crippen LogP contribution in [0.25, 0.3) is 0 Å². The summed E-state index contributed by atoms with van der Waals surface area (Å²) < 4.78 is 29.1. The molecule has 3 aromatic carbocycles. The Balaban J connectivity index is 1.86. The van der Waals surface area contributed by atoms with E-state index in [1.54, 1.807) is 6.07 Å². The minimum absolute atomic E-state index is 0.0522. The molecule has 0 aliphatic rings. The molecule has 0 spiro atoms. The highest BCUT2D eigenvalue weighted by Crippen LogP contribution is 2.23. The van der Waals surface area contributed by atoms with Crippen LogP contribution in [0.15, 0.2) is 84.9 Å². The summed E-state index contributed by atoms with van der Waals surface area (Å²) in [7, 11) is 0. The number of hydrogen-bond acceptors (Lipinski definition) is 2. The smallest absolute Gasteiger partial charge is 0.387 e. The summed E-state index contributed by atoms with van der Waals surface area (Å²) in [6, 6.07) is 24.5. The van der Waals surface area contributed by atoms with Crippen molar-refractivity contribution >= 4 is 5.91 Å². The highest BCUT2D eigenvalue weighted by molar-refractivity contribution is 5.95. The molecule has 0 heterocycles. The van der Waals surface area contributed by atoms with E-state index in [1.807, 2.05) is 60.7 Å². The van der Waals surface area contributed by atoms with Crippen LogP contribution in [0.3, 0.4) is 0 Å². The van der Waals surface area contributed by atoms with Gasteiger partial charge in [-0.05, 0) is 29.3 Å². The predicted octanol–water partition coefficient (Wildman–Crippen LogP) is 4.81. The number of carbonyl (C=O) groups excluding carboxylic acids is 1. The van der Waals surface area contributed by atoms with Gasteiger partial charge in [-0.25, -0.2) is 0 Å². The van der Waals surface area contributed by atoms with Gasteiger partial charge in [0.2, 0.25) is 0 Å². The number of benzene rings is 3. The summed E-state index contributed by atoms with van der Waals surface area (Å²) in [6.07, 6.45) is 0. The van der Waals surface area contributed by atoms with Crippen molar-refractivity contribution in [3.8, 4) is 5.75 Å². The average Bonchev–Trinajstić information content (AvgIpc) is 2.67. The Morgan fingerprint density at radius 3 is 1.92 bits per heavy atom. The fourth-order valence-electron chi connectivity index (χ4n) is 2.68.